The molecule has 100 valence electrons. The van der Waals surface area contributed by atoms with E-state index in [0.717, 1.165) is 32.2 Å². The molecule has 2 aliphatic rings. The third-order valence-electron chi connectivity index (χ3n) is 4.16. The van der Waals surface area contributed by atoms with E-state index in [1.807, 2.05) is 0 Å². The Morgan fingerprint density at radius 3 is 2.35 bits per heavy atom. The number of nitrogens with zero attached hydrogens (tertiary/aromatic N) is 1. The Kier molecular flexibility index (Phi) is 4.44. The zero-order valence-electron chi connectivity index (χ0n) is 10.7. The van der Waals surface area contributed by atoms with Gasteiger partial charge in [-0.05, 0) is 32.2 Å². The van der Waals surface area contributed by atoms with Gasteiger partial charge < -0.3 is 5.32 Å². The molecule has 0 radical (unpaired) electrons. The van der Waals surface area contributed by atoms with Crippen molar-refractivity contribution in [2.24, 2.45) is 0 Å². The van der Waals surface area contributed by atoms with Crippen LogP contribution in [0.4, 0.5) is 0 Å². The average Bonchev–Trinajstić information content (AvgIpc) is 2.40. The molecule has 0 spiro atoms. The van der Waals surface area contributed by atoms with Crippen molar-refractivity contribution in [2.75, 3.05) is 20.1 Å². The summed E-state index contributed by atoms with van der Waals surface area (Å²) in [5.74, 6) is 0. The highest BCUT2D eigenvalue weighted by Gasteiger charge is 2.34. The first kappa shape index (κ1) is 13.3. The minimum absolute atomic E-state index is 0.205. The number of sulfonamides is 1. The predicted molar refractivity (Wildman–Crippen MR) is 69.4 cm³/mol. The number of nitrogens with one attached hydrogen (secondary N) is 1. The van der Waals surface area contributed by atoms with E-state index in [-0.39, 0.29) is 11.3 Å². The Morgan fingerprint density at radius 1 is 1.06 bits per heavy atom. The van der Waals surface area contributed by atoms with Gasteiger partial charge >= 0.3 is 0 Å². The van der Waals surface area contributed by atoms with Crippen LogP contribution in [0.3, 0.4) is 0 Å². The Labute approximate surface area is 105 Å². The van der Waals surface area contributed by atoms with Crippen molar-refractivity contribution in [1.29, 1.82) is 0 Å². The molecule has 4 nitrogen and oxygen atoms in total. The van der Waals surface area contributed by atoms with Gasteiger partial charge in [0.2, 0.25) is 10.0 Å². The summed E-state index contributed by atoms with van der Waals surface area (Å²) in [6, 6.07) is 0.246. The maximum atomic E-state index is 12.5. The second kappa shape index (κ2) is 5.67. The van der Waals surface area contributed by atoms with Crippen LogP contribution in [-0.2, 0) is 10.0 Å². The molecule has 1 aliphatic carbocycles. The van der Waals surface area contributed by atoms with Gasteiger partial charge in [0, 0.05) is 19.6 Å². The molecular weight excluding hydrogens is 236 g/mol. The molecule has 2 rings (SSSR count). The molecule has 0 aromatic carbocycles. The monoisotopic (exact) mass is 260 g/mol. The zero-order valence-corrected chi connectivity index (χ0v) is 11.5. The van der Waals surface area contributed by atoms with Crippen LogP contribution < -0.4 is 5.32 Å². The highest BCUT2D eigenvalue weighted by atomic mass is 32.2. The Morgan fingerprint density at radius 2 is 1.76 bits per heavy atom. The molecule has 0 amide bonds. The summed E-state index contributed by atoms with van der Waals surface area (Å²) in [5.41, 5.74) is 0. The van der Waals surface area contributed by atoms with E-state index in [4.69, 9.17) is 0 Å². The highest BCUT2D eigenvalue weighted by molar-refractivity contribution is 7.89. The number of rotatable bonds is 3. The Bertz CT molecular complexity index is 330. The van der Waals surface area contributed by atoms with Crippen molar-refractivity contribution in [3.8, 4) is 0 Å². The molecule has 0 aromatic heterocycles. The third kappa shape index (κ3) is 3.01. The highest BCUT2D eigenvalue weighted by Crippen LogP contribution is 2.26. The van der Waals surface area contributed by atoms with Gasteiger partial charge in [-0.2, -0.15) is 0 Å². The number of piperidine rings is 1. The molecule has 1 N–H and O–H groups in total. The fourth-order valence-corrected chi connectivity index (χ4v) is 4.85. The molecular formula is C12H24N2O2S. The van der Waals surface area contributed by atoms with Crippen LogP contribution in [0.2, 0.25) is 0 Å². The van der Waals surface area contributed by atoms with E-state index >= 15 is 0 Å². The van der Waals surface area contributed by atoms with Gasteiger partial charge in [0.05, 0.1) is 5.25 Å². The van der Waals surface area contributed by atoms with Crippen molar-refractivity contribution in [1.82, 2.24) is 9.62 Å². The summed E-state index contributed by atoms with van der Waals surface area (Å²) in [4.78, 5) is 0. The second-order valence-electron chi connectivity index (χ2n) is 5.32. The van der Waals surface area contributed by atoms with Crippen LogP contribution >= 0.6 is 0 Å². The Hall–Kier alpha value is -0.130. The molecule has 0 bridgehead atoms. The first-order valence-corrected chi connectivity index (χ1v) is 8.30. The smallest absolute Gasteiger partial charge is 0.218 e. The lowest BCUT2D eigenvalue weighted by atomic mass is 9.96. The van der Waals surface area contributed by atoms with Gasteiger partial charge in [0.15, 0.2) is 0 Å². The van der Waals surface area contributed by atoms with E-state index in [9.17, 15) is 8.42 Å². The van der Waals surface area contributed by atoms with Crippen molar-refractivity contribution < 1.29 is 8.42 Å². The SMILES string of the molecule is CN(C1CCCCC1)S(=O)(=O)C1CCCNC1. The van der Waals surface area contributed by atoms with Crippen LogP contribution in [-0.4, -0.2) is 44.2 Å². The molecule has 2 fully saturated rings. The van der Waals surface area contributed by atoms with Crippen molar-refractivity contribution in [3.63, 3.8) is 0 Å². The van der Waals surface area contributed by atoms with Gasteiger partial charge in [0.1, 0.15) is 0 Å². The lowest BCUT2D eigenvalue weighted by Gasteiger charge is -2.34. The summed E-state index contributed by atoms with van der Waals surface area (Å²) >= 11 is 0. The predicted octanol–water partition coefficient (Wildman–Crippen LogP) is 1.33. The largest absolute Gasteiger partial charge is 0.315 e. The van der Waals surface area contributed by atoms with Gasteiger partial charge in [-0.3, -0.25) is 0 Å². The molecule has 5 heteroatoms. The second-order valence-corrected chi connectivity index (χ2v) is 7.59. The van der Waals surface area contributed by atoms with Gasteiger partial charge in [-0.1, -0.05) is 19.3 Å². The molecule has 1 aliphatic heterocycles. The summed E-state index contributed by atoms with van der Waals surface area (Å²) in [6.45, 7) is 1.58. The fourth-order valence-electron chi connectivity index (χ4n) is 2.96. The number of hydrogen-bond donors (Lipinski definition) is 1. The summed E-state index contributed by atoms with van der Waals surface area (Å²) in [7, 11) is -1.31. The number of hydrogen-bond acceptors (Lipinski definition) is 3. The first-order valence-electron chi connectivity index (χ1n) is 6.80. The van der Waals surface area contributed by atoms with Crippen LogP contribution in [0.25, 0.3) is 0 Å². The molecule has 1 unspecified atom stereocenters. The minimum Gasteiger partial charge on any atom is -0.315 e. The molecule has 1 saturated heterocycles. The minimum atomic E-state index is -3.09. The lowest BCUT2D eigenvalue weighted by Crippen LogP contribution is -2.48. The van der Waals surface area contributed by atoms with E-state index in [0.29, 0.717) is 6.54 Å². The Balaban J connectivity index is 2.02. The van der Waals surface area contributed by atoms with Crippen LogP contribution in [0.5, 0.6) is 0 Å². The molecule has 0 aromatic rings. The topological polar surface area (TPSA) is 49.4 Å². The molecule has 1 heterocycles. The molecule has 1 atom stereocenters. The fraction of sp³-hybridized carbons (Fsp3) is 1.00. The summed E-state index contributed by atoms with van der Waals surface area (Å²) in [5, 5.41) is 2.99. The third-order valence-corrected chi connectivity index (χ3v) is 6.51. The van der Waals surface area contributed by atoms with E-state index in [2.05, 4.69) is 5.32 Å². The average molecular weight is 260 g/mol. The van der Waals surface area contributed by atoms with Crippen LogP contribution in [0.15, 0.2) is 0 Å². The molecule has 1 saturated carbocycles. The standard InChI is InChI=1S/C12H24N2O2S/c1-14(11-6-3-2-4-7-11)17(15,16)12-8-5-9-13-10-12/h11-13H,2-10H2,1H3. The van der Waals surface area contributed by atoms with Gasteiger partial charge in [-0.25, -0.2) is 12.7 Å². The quantitative estimate of drug-likeness (QED) is 0.833. The van der Waals surface area contributed by atoms with Crippen molar-refractivity contribution >= 4 is 10.0 Å². The summed E-state index contributed by atoms with van der Waals surface area (Å²) in [6.07, 6.45) is 7.47. The van der Waals surface area contributed by atoms with E-state index in [1.54, 1.807) is 11.4 Å². The maximum absolute atomic E-state index is 12.5. The van der Waals surface area contributed by atoms with Crippen LogP contribution in [0, 0.1) is 0 Å². The first-order chi connectivity index (χ1) is 8.12. The lowest BCUT2D eigenvalue weighted by molar-refractivity contribution is 0.281. The van der Waals surface area contributed by atoms with Crippen LogP contribution in [0.1, 0.15) is 44.9 Å². The molecule has 17 heavy (non-hydrogen) atoms. The zero-order chi connectivity index (χ0) is 12.3. The van der Waals surface area contributed by atoms with E-state index in [1.165, 1.54) is 19.3 Å². The van der Waals surface area contributed by atoms with Crippen molar-refractivity contribution in [2.45, 2.75) is 56.2 Å². The van der Waals surface area contributed by atoms with Gasteiger partial charge in [0.25, 0.3) is 0 Å². The van der Waals surface area contributed by atoms with E-state index < -0.39 is 10.0 Å². The normalized spacial score (nSPS) is 28.5. The summed E-state index contributed by atoms with van der Waals surface area (Å²) < 4.78 is 26.6. The maximum Gasteiger partial charge on any atom is 0.218 e. The van der Waals surface area contributed by atoms with Gasteiger partial charge in [-0.15, -0.1) is 0 Å². The van der Waals surface area contributed by atoms with Crippen molar-refractivity contribution in [3.05, 3.63) is 0 Å².